The Morgan fingerprint density at radius 1 is 1.69 bits per heavy atom. The van der Waals surface area contributed by atoms with Crippen molar-refractivity contribution in [3.8, 4) is 6.07 Å². The molecule has 2 heterocycles. The average molecular weight is 177 g/mol. The van der Waals surface area contributed by atoms with Crippen molar-refractivity contribution in [1.82, 2.24) is 19.7 Å². The summed E-state index contributed by atoms with van der Waals surface area (Å²) in [5, 5.41) is 12.2. The van der Waals surface area contributed by atoms with E-state index >= 15 is 0 Å². The van der Waals surface area contributed by atoms with Crippen molar-refractivity contribution in [2.45, 2.75) is 6.54 Å². The highest BCUT2D eigenvalue weighted by Gasteiger charge is 2.24. The summed E-state index contributed by atoms with van der Waals surface area (Å²) in [6.45, 7) is 1.84. The molecule has 1 saturated heterocycles. The van der Waals surface area contributed by atoms with Gasteiger partial charge in [0.1, 0.15) is 18.9 Å². The number of rotatable bonds is 2. The molecule has 1 aliphatic rings. The fourth-order valence-corrected chi connectivity index (χ4v) is 0.960. The molecule has 1 aromatic heterocycles. The third kappa shape index (κ3) is 1.64. The fraction of sp³-hybridized carbons (Fsp3) is 0.429. The number of hydrogen-bond acceptors (Lipinski definition) is 4. The first-order chi connectivity index (χ1) is 6.29. The van der Waals surface area contributed by atoms with Gasteiger partial charge in [-0.3, -0.25) is 4.79 Å². The Balaban J connectivity index is 2.01. The largest absolute Gasteiger partial charge is 0.338 e. The van der Waals surface area contributed by atoms with Crippen molar-refractivity contribution >= 4 is 5.91 Å². The van der Waals surface area contributed by atoms with Crippen molar-refractivity contribution < 1.29 is 4.79 Å². The zero-order valence-corrected chi connectivity index (χ0v) is 6.84. The molecule has 0 saturated carbocycles. The molecule has 0 radical (unpaired) electrons. The fourth-order valence-electron chi connectivity index (χ4n) is 0.960. The number of nitriles is 1. The van der Waals surface area contributed by atoms with Gasteiger partial charge in [-0.2, -0.15) is 5.26 Å². The number of aromatic nitrogens is 3. The van der Waals surface area contributed by atoms with E-state index in [0.717, 1.165) is 13.1 Å². The molecule has 1 aliphatic heterocycles. The van der Waals surface area contributed by atoms with Crippen LogP contribution in [0.5, 0.6) is 0 Å². The highest BCUT2D eigenvalue weighted by Crippen LogP contribution is 2.04. The van der Waals surface area contributed by atoms with E-state index in [1.54, 1.807) is 11.0 Å². The average Bonchev–Trinajstić information content (AvgIpc) is 2.88. The summed E-state index contributed by atoms with van der Waals surface area (Å²) < 4.78 is 1.37. The van der Waals surface area contributed by atoms with Crippen molar-refractivity contribution in [3.63, 3.8) is 0 Å². The SMILES string of the molecule is N#Cc1ncn(CC(=O)N2CC2)n1. The second-order valence-electron chi connectivity index (χ2n) is 2.76. The van der Waals surface area contributed by atoms with Crippen LogP contribution in [0.15, 0.2) is 6.33 Å². The van der Waals surface area contributed by atoms with Gasteiger partial charge in [0, 0.05) is 13.1 Å². The maximum absolute atomic E-state index is 11.2. The smallest absolute Gasteiger partial charge is 0.252 e. The molecule has 1 aromatic rings. The number of hydrogen-bond donors (Lipinski definition) is 0. The van der Waals surface area contributed by atoms with Gasteiger partial charge in [0.05, 0.1) is 0 Å². The first-order valence-electron chi connectivity index (χ1n) is 3.87. The molecule has 0 aliphatic carbocycles. The summed E-state index contributed by atoms with van der Waals surface area (Å²) in [7, 11) is 0. The minimum Gasteiger partial charge on any atom is -0.338 e. The van der Waals surface area contributed by atoms with Gasteiger partial charge in [0.15, 0.2) is 0 Å². The number of carbonyl (C=O) groups excluding carboxylic acids is 1. The van der Waals surface area contributed by atoms with Crippen LogP contribution in [0.1, 0.15) is 5.82 Å². The summed E-state index contributed by atoms with van der Waals surface area (Å²) in [5.74, 6) is 0.119. The Morgan fingerprint density at radius 2 is 2.46 bits per heavy atom. The molecule has 1 fully saturated rings. The lowest BCUT2D eigenvalue weighted by molar-refractivity contribution is -0.126. The van der Waals surface area contributed by atoms with E-state index in [0.29, 0.717) is 0 Å². The Kier molecular flexibility index (Phi) is 1.70. The highest BCUT2D eigenvalue weighted by atomic mass is 16.2. The molecule has 0 spiro atoms. The van der Waals surface area contributed by atoms with Crippen LogP contribution in [0.25, 0.3) is 0 Å². The Morgan fingerprint density at radius 3 is 3.00 bits per heavy atom. The van der Waals surface area contributed by atoms with Crippen LogP contribution in [0.3, 0.4) is 0 Å². The summed E-state index contributed by atoms with van der Waals surface area (Å²) in [4.78, 5) is 16.6. The lowest BCUT2D eigenvalue weighted by Crippen LogP contribution is -2.18. The van der Waals surface area contributed by atoms with Gasteiger partial charge in [-0.1, -0.05) is 0 Å². The molecule has 0 atom stereocenters. The summed E-state index contributed by atoms with van der Waals surface area (Å²) in [6, 6.07) is 1.80. The van der Waals surface area contributed by atoms with Gasteiger partial charge in [-0.05, 0) is 0 Å². The van der Waals surface area contributed by atoms with Crippen LogP contribution in [0.2, 0.25) is 0 Å². The maximum atomic E-state index is 11.2. The number of carbonyl (C=O) groups is 1. The van der Waals surface area contributed by atoms with E-state index in [9.17, 15) is 4.79 Å². The molecule has 0 unspecified atom stereocenters. The summed E-state index contributed by atoms with van der Waals surface area (Å²) in [6.07, 6.45) is 1.39. The number of amides is 1. The molecule has 2 rings (SSSR count). The molecule has 0 N–H and O–H groups in total. The quantitative estimate of drug-likeness (QED) is 0.542. The van der Waals surface area contributed by atoms with Gasteiger partial charge < -0.3 is 4.90 Å². The van der Waals surface area contributed by atoms with Crippen LogP contribution in [0, 0.1) is 11.3 Å². The third-order valence-corrected chi connectivity index (χ3v) is 1.73. The van der Waals surface area contributed by atoms with Crippen LogP contribution in [-0.2, 0) is 11.3 Å². The van der Waals surface area contributed by atoms with E-state index in [1.807, 2.05) is 0 Å². The van der Waals surface area contributed by atoms with Gasteiger partial charge in [-0.15, -0.1) is 5.10 Å². The Bertz CT molecular complexity index is 372. The standard InChI is InChI=1S/C7H7N5O/c8-3-6-9-5-12(10-6)4-7(13)11-1-2-11/h5H,1-2,4H2. The zero-order chi connectivity index (χ0) is 9.26. The first kappa shape index (κ1) is 7.73. The molecular weight excluding hydrogens is 170 g/mol. The maximum Gasteiger partial charge on any atom is 0.252 e. The lowest BCUT2D eigenvalue weighted by atomic mass is 10.6. The molecule has 66 valence electrons. The normalized spacial score (nSPS) is 13.9. The summed E-state index contributed by atoms with van der Waals surface area (Å²) >= 11 is 0. The third-order valence-electron chi connectivity index (χ3n) is 1.73. The minimum atomic E-state index is 0.0226. The van der Waals surface area contributed by atoms with E-state index < -0.39 is 0 Å². The van der Waals surface area contributed by atoms with Crippen molar-refractivity contribution in [2.24, 2.45) is 0 Å². The van der Waals surface area contributed by atoms with E-state index in [-0.39, 0.29) is 18.3 Å². The molecular formula is C7H7N5O. The first-order valence-corrected chi connectivity index (χ1v) is 3.87. The molecule has 0 bridgehead atoms. The monoisotopic (exact) mass is 177 g/mol. The van der Waals surface area contributed by atoms with E-state index in [4.69, 9.17) is 5.26 Å². The predicted octanol–water partition coefficient (Wildman–Crippen LogP) is -1.01. The molecule has 13 heavy (non-hydrogen) atoms. The van der Waals surface area contributed by atoms with Crippen molar-refractivity contribution in [2.75, 3.05) is 13.1 Å². The molecule has 1 amide bonds. The van der Waals surface area contributed by atoms with Crippen molar-refractivity contribution in [1.29, 1.82) is 5.26 Å². The van der Waals surface area contributed by atoms with Gasteiger partial charge in [0.25, 0.3) is 5.82 Å². The lowest BCUT2D eigenvalue weighted by Gasteiger charge is -1.99. The molecule has 6 heteroatoms. The van der Waals surface area contributed by atoms with Gasteiger partial charge in [-0.25, -0.2) is 9.67 Å². The second kappa shape index (κ2) is 2.86. The van der Waals surface area contributed by atoms with Crippen LogP contribution in [-0.4, -0.2) is 38.7 Å². The minimum absolute atomic E-state index is 0.0226. The topological polar surface area (TPSA) is 74.6 Å². The zero-order valence-electron chi connectivity index (χ0n) is 6.84. The second-order valence-corrected chi connectivity index (χ2v) is 2.76. The van der Waals surface area contributed by atoms with E-state index in [1.165, 1.54) is 11.0 Å². The van der Waals surface area contributed by atoms with Gasteiger partial charge >= 0.3 is 0 Å². The number of nitrogens with zero attached hydrogens (tertiary/aromatic N) is 5. The summed E-state index contributed by atoms with van der Waals surface area (Å²) in [5.41, 5.74) is 0. The molecule has 0 aromatic carbocycles. The predicted molar refractivity (Wildman–Crippen MR) is 41.3 cm³/mol. The van der Waals surface area contributed by atoms with Crippen LogP contribution >= 0.6 is 0 Å². The Labute approximate surface area is 74.4 Å². The van der Waals surface area contributed by atoms with E-state index in [2.05, 4.69) is 10.1 Å². The van der Waals surface area contributed by atoms with Crippen LogP contribution in [0.4, 0.5) is 0 Å². The molecule has 6 nitrogen and oxygen atoms in total. The Hall–Kier alpha value is -1.90. The van der Waals surface area contributed by atoms with Crippen molar-refractivity contribution in [3.05, 3.63) is 12.2 Å². The van der Waals surface area contributed by atoms with Gasteiger partial charge in [0.2, 0.25) is 5.91 Å². The highest BCUT2D eigenvalue weighted by molar-refractivity contribution is 5.77. The van der Waals surface area contributed by atoms with Crippen LogP contribution < -0.4 is 0 Å².